The van der Waals surface area contributed by atoms with Crippen molar-refractivity contribution >= 4 is 40.4 Å². The number of amides is 2. The van der Waals surface area contributed by atoms with Gasteiger partial charge in [0.2, 0.25) is 11.8 Å². The van der Waals surface area contributed by atoms with Crippen LogP contribution < -0.4 is 16.4 Å². The van der Waals surface area contributed by atoms with Crippen molar-refractivity contribution in [1.29, 1.82) is 0 Å². The molecule has 0 saturated heterocycles. The van der Waals surface area contributed by atoms with Gasteiger partial charge in [-0.2, -0.15) is 11.8 Å². The van der Waals surface area contributed by atoms with E-state index in [1.165, 1.54) is 0 Å². The summed E-state index contributed by atoms with van der Waals surface area (Å²) in [4.78, 5) is 40.5. The van der Waals surface area contributed by atoms with Crippen molar-refractivity contribution < 1.29 is 19.5 Å². The maximum Gasteiger partial charge on any atom is 0.326 e. The number of aliphatic carboxylic acids is 1. The molecule has 0 radical (unpaired) electrons. The zero-order valence-electron chi connectivity index (χ0n) is 18.2. The molecule has 8 nitrogen and oxygen atoms in total. The summed E-state index contributed by atoms with van der Waals surface area (Å²) in [6.07, 6.45) is 5.02. The van der Waals surface area contributed by atoms with E-state index >= 15 is 0 Å². The zero-order valence-corrected chi connectivity index (χ0v) is 19.0. The lowest BCUT2D eigenvalue weighted by Crippen LogP contribution is -2.56. The summed E-state index contributed by atoms with van der Waals surface area (Å²) < 4.78 is 0. The van der Waals surface area contributed by atoms with Crippen LogP contribution in [-0.2, 0) is 20.8 Å². The Morgan fingerprint density at radius 3 is 2.55 bits per heavy atom. The summed E-state index contributed by atoms with van der Waals surface area (Å²) in [5, 5.41) is 15.8. The Morgan fingerprint density at radius 1 is 1.19 bits per heavy atom. The summed E-state index contributed by atoms with van der Waals surface area (Å²) in [6.45, 7) is 3.63. The van der Waals surface area contributed by atoms with E-state index in [1.54, 1.807) is 24.9 Å². The second-order valence-corrected chi connectivity index (χ2v) is 8.71. The van der Waals surface area contributed by atoms with Gasteiger partial charge in [-0.15, -0.1) is 0 Å². The van der Waals surface area contributed by atoms with E-state index in [0.29, 0.717) is 12.8 Å². The van der Waals surface area contributed by atoms with Crippen molar-refractivity contribution in [3.05, 3.63) is 36.0 Å². The fourth-order valence-electron chi connectivity index (χ4n) is 3.32. The van der Waals surface area contributed by atoms with Gasteiger partial charge in [-0.05, 0) is 36.0 Å². The smallest absolute Gasteiger partial charge is 0.326 e. The molecule has 31 heavy (non-hydrogen) atoms. The van der Waals surface area contributed by atoms with Crippen LogP contribution in [0.25, 0.3) is 10.9 Å². The van der Waals surface area contributed by atoms with Crippen LogP contribution in [0.15, 0.2) is 30.5 Å². The molecule has 0 aliphatic carbocycles. The Morgan fingerprint density at radius 2 is 1.90 bits per heavy atom. The van der Waals surface area contributed by atoms with Gasteiger partial charge in [-0.1, -0.05) is 38.5 Å². The minimum atomic E-state index is -1.10. The Bertz CT molecular complexity index is 901. The number of carbonyl (C=O) groups is 3. The topological polar surface area (TPSA) is 137 Å². The Labute approximate surface area is 186 Å². The highest BCUT2D eigenvalue weighted by molar-refractivity contribution is 7.98. The molecule has 0 bridgehead atoms. The fourth-order valence-corrected chi connectivity index (χ4v) is 3.81. The second-order valence-electron chi connectivity index (χ2n) is 7.72. The summed E-state index contributed by atoms with van der Waals surface area (Å²) >= 11 is 1.59. The maximum absolute atomic E-state index is 13.1. The normalized spacial score (nSPS) is 15.1. The lowest BCUT2D eigenvalue weighted by atomic mass is 9.98. The highest BCUT2D eigenvalue weighted by atomic mass is 32.2. The maximum atomic E-state index is 13.1. The van der Waals surface area contributed by atoms with Gasteiger partial charge >= 0.3 is 5.97 Å². The van der Waals surface area contributed by atoms with Gasteiger partial charge in [0.25, 0.3) is 0 Å². The molecule has 6 N–H and O–H groups in total. The van der Waals surface area contributed by atoms with Crippen LogP contribution >= 0.6 is 11.8 Å². The van der Waals surface area contributed by atoms with Crippen molar-refractivity contribution in [1.82, 2.24) is 15.6 Å². The highest BCUT2D eigenvalue weighted by Gasteiger charge is 2.31. The average molecular weight is 449 g/mol. The Balaban J connectivity index is 2.24. The fraction of sp³-hybridized carbons (Fsp3) is 0.500. The molecule has 9 heteroatoms. The molecule has 0 unspecified atom stereocenters. The summed E-state index contributed by atoms with van der Waals surface area (Å²) in [5.74, 6) is -1.60. The van der Waals surface area contributed by atoms with Crippen molar-refractivity contribution in [3.63, 3.8) is 0 Å². The molecule has 0 saturated carbocycles. The first kappa shape index (κ1) is 24.7. The SMILES string of the molecule is CC[C@H](C)[C@H](NC(=O)[C@H](Cc1c[nH]c2ccccc12)NC(=O)[C@@H](N)CCSC)C(=O)O. The van der Waals surface area contributed by atoms with Crippen LogP contribution in [0.2, 0.25) is 0 Å². The quantitative estimate of drug-likeness (QED) is 0.336. The molecule has 2 rings (SSSR count). The molecule has 2 aromatic rings. The van der Waals surface area contributed by atoms with E-state index in [2.05, 4.69) is 15.6 Å². The number of hydrogen-bond donors (Lipinski definition) is 5. The number of carboxylic acid groups (broad SMARTS) is 1. The predicted molar refractivity (Wildman–Crippen MR) is 124 cm³/mol. The van der Waals surface area contributed by atoms with Gasteiger partial charge in [0.15, 0.2) is 0 Å². The number of aromatic nitrogens is 1. The van der Waals surface area contributed by atoms with Gasteiger partial charge in [0.05, 0.1) is 6.04 Å². The molecular formula is C22H32N4O4S. The van der Waals surface area contributed by atoms with Crippen molar-refractivity contribution in [2.75, 3.05) is 12.0 Å². The first-order valence-corrected chi connectivity index (χ1v) is 11.8. The van der Waals surface area contributed by atoms with Crippen molar-refractivity contribution in [3.8, 4) is 0 Å². The van der Waals surface area contributed by atoms with Gasteiger partial charge < -0.3 is 26.5 Å². The number of thioether (sulfide) groups is 1. The molecular weight excluding hydrogens is 416 g/mol. The highest BCUT2D eigenvalue weighted by Crippen LogP contribution is 2.19. The summed E-state index contributed by atoms with van der Waals surface area (Å²) in [6, 6.07) is 4.94. The third-order valence-corrected chi connectivity index (χ3v) is 6.12. The lowest BCUT2D eigenvalue weighted by Gasteiger charge is -2.25. The molecule has 1 heterocycles. The number of hydrogen-bond acceptors (Lipinski definition) is 5. The minimum Gasteiger partial charge on any atom is -0.480 e. The third-order valence-electron chi connectivity index (χ3n) is 5.48. The minimum absolute atomic E-state index is 0.212. The number of nitrogens with two attached hydrogens (primary N) is 1. The first-order chi connectivity index (χ1) is 14.8. The number of nitrogens with one attached hydrogen (secondary N) is 3. The predicted octanol–water partition coefficient (Wildman–Crippen LogP) is 1.89. The Hall–Kier alpha value is -2.52. The molecule has 0 spiro atoms. The van der Waals surface area contributed by atoms with Crippen LogP contribution in [0.5, 0.6) is 0 Å². The molecule has 1 aromatic heterocycles. The van der Waals surface area contributed by atoms with Crippen LogP contribution in [0, 0.1) is 5.92 Å². The van der Waals surface area contributed by atoms with Crippen LogP contribution in [0.4, 0.5) is 0 Å². The second kappa shape index (κ2) is 11.8. The average Bonchev–Trinajstić information content (AvgIpc) is 3.17. The van der Waals surface area contributed by atoms with E-state index in [0.717, 1.165) is 22.2 Å². The molecule has 0 aliphatic heterocycles. The zero-order chi connectivity index (χ0) is 23.0. The standard InChI is InChI=1S/C22H32N4O4S/c1-4-13(2)19(22(29)30)26-21(28)18(25-20(27)16(23)9-10-31-3)11-14-12-24-17-8-6-5-7-15(14)17/h5-8,12-13,16,18-19,24H,4,9-11,23H2,1-3H3,(H,25,27)(H,26,28)(H,29,30)/t13-,16-,18-,19-/m0/s1. The third kappa shape index (κ3) is 6.73. The summed E-state index contributed by atoms with van der Waals surface area (Å²) in [7, 11) is 0. The van der Waals surface area contributed by atoms with E-state index in [1.807, 2.05) is 37.4 Å². The van der Waals surface area contributed by atoms with E-state index in [4.69, 9.17) is 5.73 Å². The number of benzene rings is 1. The number of fused-ring (bicyclic) bond motifs is 1. The number of aromatic amines is 1. The molecule has 2 amide bonds. The van der Waals surface area contributed by atoms with Crippen LogP contribution in [0.1, 0.15) is 32.3 Å². The number of carbonyl (C=O) groups excluding carboxylic acids is 2. The molecule has 0 fully saturated rings. The number of H-pyrrole nitrogens is 1. The number of carboxylic acids is 1. The Kier molecular flexibility index (Phi) is 9.39. The van der Waals surface area contributed by atoms with Gasteiger partial charge in [0, 0.05) is 23.5 Å². The van der Waals surface area contributed by atoms with Gasteiger partial charge in [-0.3, -0.25) is 9.59 Å². The molecule has 4 atom stereocenters. The van der Waals surface area contributed by atoms with Crippen LogP contribution in [-0.4, -0.2) is 58.0 Å². The van der Waals surface area contributed by atoms with E-state index in [-0.39, 0.29) is 12.3 Å². The number of para-hydroxylation sites is 1. The molecule has 0 aliphatic rings. The van der Waals surface area contributed by atoms with Gasteiger partial charge in [0.1, 0.15) is 12.1 Å². The van der Waals surface area contributed by atoms with Gasteiger partial charge in [-0.25, -0.2) is 4.79 Å². The number of rotatable bonds is 12. The summed E-state index contributed by atoms with van der Waals surface area (Å²) in [5.41, 5.74) is 7.75. The van der Waals surface area contributed by atoms with Crippen molar-refractivity contribution in [2.24, 2.45) is 11.7 Å². The molecule has 170 valence electrons. The van der Waals surface area contributed by atoms with Crippen LogP contribution in [0.3, 0.4) is 0 Å². The first-order valence-electron chi connectivity index (χ1n) is 10.4. The van der Waals surface area contributed by atoms with E-state index in [9.17, 15) is 19.5 Å². The van der Waals surface area contributed by atoms with E-state index < -0.39 is 35.9 Å². The lowest BCUT2D eigenvalue weighted by molar-refractivity contribution is -0.143. The molecule has 1 aromatic carbocycles. The monoisotopic (exact) mass is 448 g/mol. The largest absolute Gasteiger partial charge is 0.480 e. The van der Waals surface area contributed by atoms with Crippen molar-refractivity contribution in [2.45, 2.75) is 51.2 Å².